The van der Waals surface area contributed by atoms with Crippen LogP contribution in [0.2, 0.25) is 5.02 Å². The monoisotopic (exact) mass is 524 g/mol. The van der Waals surface area contributed by atoms with Crippen molar-refractivity contribution in [1.29, 1.82) is 0 Å². The fraction of sp³-hybridized carbons (Fsp3) is 0.455. The normalized spacial score (nSPS) is 20.5. The third-order valence-corrected chi connectivity index (χ3v) is 11.2. The summed E-state index contributed by atoms with van der Waals surface area (Å²) in [4.78, 5) is 22.1. The molecular weight excluding hydrogens is 500 g/mol. The van der Waals surface area contributed by atoms with Crippen LogP contribution in [0.25, 0.3) is 10.2 Å². The fourth-order valence-corrected chi connectivity index (χ4v) is 8.40. The van der Waals surface area contributed by atoms with Crippen LogP contribution in [0.1, 0.15) is 18.4 Å². The van der Waals surface area contributed by atoms with Gasteiger partial charge in [-0.3, -0.25) is 4.79 Å². The summed E-state index contributed by atoms with van der Waals surface area (Å²) in [7, 11) is -3.52. The first-order chi connectivity index (χ1) is 15.8. The van der Waals surface area contributed by atoms with Gasteiger partial charge in [-0.05, 0) is 48.9 Å². The number of carbonyl (C=O) groups excluding carboxylic acids is 1. The van der Waals surface area contributed by atoms with Crippen LogP contribution in [0, 0.1) is 12.8 Å². The molecule has 176 valence electrons. The molecule has 3 aromatic rings. The number of aryl methyl sites for hydroxylation is 1. The summed E-state index contributed by atoms with van der Waals surface area (Å²) in [5, 5.41) is 3.44. The summed E-state index contributed by atoms with van der Waals surface area (Å²) < 4.78 is 28.7. The number of thiophene rings is 1. The number of amides is 1. The maximum Gasteiger partial charge on any atom is 0.252 e. The van der Waals surface area contributed by atoms with Crippen molar-refractivity contribution >= 4 is 65.6 Å². The van der Waals surface area contributed by atoms with Gasteiger partial charge in [-0.25, -0.2) is 13.4 Å². The molecule has 2 saturated heterocycles. The lowest BCUT2D eigenvalue weighted by molar-refractivity contribution is -0.137. The molecule has 1 amide bonds. The van der Waals surface area contributed by atoms with E-state index in [2.05, 4.69) is 4.90 Å². The first kappa shape index (κ1) is 23.0. The van der Waals surface area contributed by atoms with Crippen LogP contribution in [0.3, 0.4) is 0 Å². The molecule has 0 radical (unpaired) electrons. The van der Waals surface area contributed by atoms with E-state index in [1.807, 2.05) is 24.0 Å². The number of aromatic nitrogens is 1. The van der Waals surface area contributed by atoms with Crippen molar-refractivity contribution in [1.82, 2.24) is 14.2 Å². The van der Waals surface area contributed by atoms with Crippen LogP contribution in [-0.2, 0) is 14.8 Å². The predicted octanol–water partition coefficient (Wildman–Crippen LogP) is 4.07. The smallest absolute Gasteiger partial charge is 0.252 e. The number of rotatable bonds is 4. The third kappa shape index (κ3) is 4.39. The van der Waals surface area contributed by atoms with E-state index in [9.17, 15) is 13.2 Å². The zero-order chi connectivity index (χ0) is 23.2. The SMILES string of the molecule is Cc1c(Cl)ccc2sc(N3CCN(C(=O)C4CCCN(S(=O)(=O)c5cccs5)C4)CC3)nc12. The molecule has 0 bridgehead atoms. The zero-order valence-corrected chi connectivity index (χ0v) is 21.4. The van der Waals surface area contributed by atoms with Crippen molar-refractivity contribution in [2.24, 2.45) is 5.92 Å². The van der Waals surface area contributed by atoms with E-state index in [-0.39, 0.29) is 18.4 Å². The number of piperidine rings is 1. The van der Waals surface area contributed by atoms with Gasteiger partial charge in [0.05, 0.1) is 16.1 Å². The molecule has 4 heterocycles. The quantitative estimate of drug-likeness (QED) is 0.514. The minimum atomic E-state index is -3.52. The van der Waals surface area contributed by atoms with Crippen molar-refractivity contribution in [2.75, 3.05) is 44.2 Å². The summed E-state index contributed by atoms with van der Waals surface area (Å²) in [6.45, 7) is 5.36. The fourth-order valence-electron chi connectivity index (χ4n) is 4.50. The number of hydrogen-bond acceptors (Lipinski definition) is 7. The van der Waals surface area contributed by atoms with E-state index in [0.29, 0.717) is 43.4 Å². The molecule has 2 aliphatic heterocycles. The van der Waals surface area contributed by atoms with Crippen LogP contribution in [0.4, 0.5) is 5.13 Å². The largest absolute Gasteiger partial charge is 0.345 e. The van der Waals surface area contributed by atoms with Crippen molar-refractivity contribution < 1.29 is 13.2 Å². The van der Waals surface area contributed by atoms with E-state index >= 15 is 0 Å². The lowest BCUT2D eigenvalue weighted by Gasteiger charge is -2.38. The molecule has 11 heteroatoms. The molecule has 0 N–H and O–H groups in total. The molecule has 1 unspecified atom stereocenters. The van der Waals surface area contributed by atoms with E-state index in [1.54, 1.807) is 28.8 Å². The minimum absolute atomic E-state index is 0.0626. The lowest BCUT2D eigenvalue weighted by Crippen LogP contribution is -2.53. The average Bonchev–Trinajstić information content (AvgIpc) is 3.52. The molecule has 2 aromatic heterocycles. The van der Waals surface area contributed by atoms with Gasteiger partial charge in [-0.15, -0.1) is 11.3 Å². The van der Waals surface area contributed by atoms with Crippen molar-refractivity contribution in [3.8, 4) is 0 Å². The number of hydrogen-bond donors (Lipinski definition) is 0. The number of carbonyl (C=O) groups is 1. The molecule has 5 rings (SSSR count). The Morgan fingerprint density at radius 3 is 2.67 bits per heavy atom. The Morgan fingerprint density at radius 2 is 1.94 bits per heavy atom. The van der Waals surface area contributed by atoms with Gasteiger partial charge in [0.25, 0.3) is 10.0 Å². The van der Waals surface area contributed by atoms with E-state index in [1.165, 1.54) is 15.6 Å². The van der Waals surface area contributed by atoms with Crippen LogP contribution in [0.15, 0.2) is 33.9 Å². The van der Waals surface area contributed by atoms with E-state index in [0.717, 1.165) is 32.4 Å². The molecular formula is C22H25ClN4O3S3. The highest BCUT2D eigenvalue weighted by molar-refractivity contribution is 7.91. The van der Waals surface area contributed by atoms with Crippen molar-refractivity contribution in [3.63, 3.8) is 0 Å². The molecule has 1 aromatic carbocycles. The van der Waals surface area contributed by atoms with Gasteiger partial charge < -0.3 is 9.80 Å². The maximum absolute atomic E-state index is 13.2. The highest BCUT2D eigenvalue weighted by Gasteiger charge is 2.36. The van der Waals surface area contributed by atoms with Crippen molar-refractivity contribution in [3.05, 3.63) is 40.2 Å². The predicted molar refractivity (Wildman–Crippen MR) is 134 cm³/mol. The molecule has 1 atom stereocenters. The first-order valence-electron chi connectivity index (χ1n) is 11.0. The summed E-state index contributed by atoms with van der Waals surface area (Å²) >= 11 is 9.11. The topological polar surface area (TPSA) is 73.8 Å². The molecule has 7 nitrogen and oxygen atoms in total. The number of thiazole rings is 1. The Hall–Kier alpha value is -1.72. The Labute approximate surface area is 206 Å². The van der Waals surface area contributed by atoms with Gasteiger partial charge in [0.2, 0.25) is 5.91 Å². The Morgan fingerprint density at radius 1 is 1.15 bits per heavy atom. The van der Waals surface area contributed by atoms with Crippen LogP contribution >= 0.6 is 34.3 Å². The second kappa shape index (κ2) is 9.14. The van der Waals surface area contributed by atoms with Crippen molar-refractivity contribution in [2.45, 2.75) is 24.0 Å². The Bertz CT molecular complexity index is 1270. The molecule has 33 heavy (non-hydrogen) atoms. The van der Waals surface area contributed by atoms with Crippen LogP contribution in [-0.4, -0.2) is 67.8 Å². The van der Waals surface area contributed by atoms with Gasteiger partial charge >= 0.3 is 0 Å². The van der Waals surface area contributed by atoms with Gasteiger partial charge in [-0.2, -0.15) is 4.31 Å². The summed E-state index contributed by atoms with van der Waals surface area (Å²) in [5.41, 5.74) is 1.93. The Balaban J connectivity index is 1.23. The van der Waals surface area contributed by atoms with E-state index in [4.69, 9.17) is 16.6 Å². The maximum atomic E-state index is 13.2. The number of piperazine rings is 1. The second-order valence-corrected chi connectivity index (χ2v) is 13.0. The van der Waals surface area contributed by atoms with Gasteiger partial charge in [0.1, 0.15) is 4.21 Å². The highest BCUT2D eigenvalue weighted by atomic mass is 35.5. The standard InChI is InChI=1S/C22H25ClN4O3S3/c1-15-17(23)6-7-18-20(15)24-22(32-18)26-11-9-25(10-12-26)21(28)16-4-2-8-27(14-16)33(29,30)19-5-3-13-31-19/h3,5-7,13,16H,2,4,8-12,14H2,1H3. The summed E-state index contributed by atoms with van der Waals surface area (Å²) in [6.07, 6.45) is 1.43. The van der Waals surface area contributed by atoms with E-state index < -0.39 is 10.0 Å². The highest BCUT2D eigenvalue weighted by Crippen LogP contribution is 2.34. The molecule has 2 aliphatic rings. The van der Waals surface area contributed by atoms with Crippen LogP contribution in [0.5, 0.6) is 0 Å². The number of nitrogens with zero attached hydrogens (tertiary/aromatic N) is 4. The van der Waals surface area contributed by atoms with Gasteiger partial charge in [0, 0.05) is 44.3 Å². The summed E-state index contributed by atoms with van der Waals surface area (Å²) in [6, 6.07) is 7.28. The number of anilines is 1. The lowest BCUT2D eigenvalue weighted by atomic mass is 9.98. The molecule has 0 saturated carbocycles. The Kier molecular flexibility index (Phi) is 6.39. The molecule has 0 aliphatic carbocycles. The number of fused-ring (bicyclic) bond motifs is 1. The molecule has 2 fully saturated rings. The first-order valence-corrected chi connectivity index (χ1v) is 14.5. The zero-order valence-electron chi connectivity index (χ0n) is 18.2. The summed E-state index contributed by atoms with van der Waals surface area (Å²) in [5.74, 6) is -0.222. The number of halogens is 1. The van der Waals surface area contributed by atoms with Gasteiger partial charge in [0.15, 0.2) is 5.13 Å². The van der Waals surface area contributed by atoms with Crippen LogP contribution < -0.4 is 4.90 Å². The number of benzene rings is 1. The number of sulfonamides is 1. The van der Waals surface area contributed by atoms with Gasteiger partial charge in [-0.1, -0.05) is 29.0 Å². The second-order valence-electron chi connectivity index (χ2n) is 8.46. The minimum Gasteiger partial charge on any atom is -0.345 e. The third-order valence-electron chi connectivity index (χ3n) is 6.42. The molecule has 0 spiro atoms. The average molecular weight is 525 g/mol.